The van der Waals surface area contributed by atoms with Gasteiger partial charge >= 0.3 is 66.9 Å². The van der Waals surface area contributed by atoms with Gasteiger partial charge in [0.2, 0.25) is 0 Å². The molecule has 0 spiro atoms. The zero-order valence-electron chi connectivity index (χ0n) is 4.61. The molecule has 1 heterocycles. The van der Waals surface area contributed by atoms with Crippen LogP contribution >= 0.6 is 0 Å². The van der Waals surface area contributed by atoms with Crippen molar-refractivity contribution in [1.82, 2.24) is 0 Å². The van der Waals surface area contributed by atoms with Crippen LogP contribution in [0.25, 0.3) is 0 Å². The fraction of sp³-hybridized carbons (Fsp3) is 0. The first-order chi connectivity index (χ1) is 4.30. The number of allylic oxidation sites excluding steroid dienone is 2. The molecule has 2 nitrogen and oxygen atoms in total. The summed E-state index contributed by atoms with van der Waals surface area (Å²) >= 11 is -2.52. The van der Waals surface area contributed by atoms with E-state index in [1.807, 2.05) is 16.2 Å². The molecule has 1 rings (SSSR count). The minimum atomic E-state index is -1.89. The molecule has 0 radical (unpaired) electrons. The van der Waals surface area contributed by atoms with Crippen molar-refractivity contribution in [2.75, 3.05) is 0 Å². The van der Waals surface area contributed by atoms with E-state index in [-0.39, 0.29) is 0 Å². The van der Waals surface area contributed by atoms with Crippen LogP contribution in [0.5, 0.6) is 0 Å². The maximum atomic E-state index is 10.4. The second-order valence-electron chi connectivity index (χ2n) is 1.52. The molecule has 0 saturated heterocycles. The number of carbonyl (C=O) groups is 1. The van der Waals surface area contributed by atoms with Gasteiger partial charge in [0.25, 0.3) is 0 Å². The fourth-order valence-electron chi connectivity index (χ4n) is 0.489. The molecule has 1 aliphatic rings. The number of rotatable bonds is 1. The molecule has 0 aromatic carbocycles. The first kappa shape index (κ1) is 7.74. The van der Waals surface area contributed by atoms with Gasteiger partial charge in [0.15, 0.2) is 0 Å². The molecule has 4 heteroatoms. The quantitative estimate of drug-likeness (QED) is 0.625. The molecule has 0 aromatic heterocycles. The Labute approximate surface area is 66.2 Å². The van der Waals surface area contributed by atoms with Gasteiger partial charge in [-0.3, -0.25) is 0 Å². The summed E-state index contributed by atoms with van der Waals surface area (Å²) in [5, 5.41) is 8.59. The van der Waals surface area contributed by atoms with E-state index in [1.54, 1.807) is 0 Å². The molecule has 0 amide bonds. The van der Waals surface area contributed by atoms with Crippen LogP contribution in [-0.2, 0) is 0 Å². The van der Waals surface area contributed by atoms with Crippen LogP contribution in [0.2, 0.25) is 0 Å². The van der Waals surface area contributed by atoms with E-state index in [0.717, 1.165) is 0 Å². The van der Waals surface area contributed by atoms with Gasteiger partial charge in [0.05, 0.1) is 0 Å². The normalized spacial score (nSPS) is 15.3. The zero-order valence-corrected chi connectivity index (χ0v) is 10.9. The SMILES string of the molecule is O=[C](O)[Sn]1=[Bi][CH]=CC=[CH]1. The Hall–Kier alpha value is 0.632. The molecular formula is C5H5BiO2Sn. The van der Waals surface area contributed by atoms with Gasteiger partial charge in [0, 0.05) is 0 Å². The van der Waals surface area contributed by atoms with Gasteiger partial charge in [-0.1, -0.05) is 0 Å². The van der Waals surface area contributed by atoms with Crippen molar-refractivity contribution >= 4 is 37.0 Å². The molecule has 0 aliphatic carbocycles. The second kappa shape index (κ2) is 3.72. The molecule has 0 unspecified atom stereocenters. The van der Waals surface area contributed by atoms with Gasteiger partial charge in [-0.2, -0.15) is 0 Å². The average molecular weight is 425 g/mol. The van der Waals surface area contributed by atoms with Crippen molar-refractivity contribution in [1.29, 1.82) is 0 Å². The molecular weight excluding hydrogens is 420 g/mol. The molecule has 9 heavy (non-hydrogen) atoms. The molecule has 0 aromatic rings. The van der Waals surface area contributed by atoms with Crippen LogP contribution in [0.4, 0.5) is 4.79 Å². The van der Waals surface area contributed by atoms with Crippen molar-refractivity contribution in [2.45, 2.75) is 0 Å². The molecule has 46 valence electrons. The van der Waals surface area contributed by atoms with Crippen LogP contribution in [0.1, 0.15) is 0 Å². The Morgan fingerprint density at radius 3 is 2.67 bits per heavy atom. The zero-order chi connectivity index (χ0) is 6.69. The predicted octanol–water partition coefficient (Wildman–Crippen LogP) is 0.564. The molecule has 0 saturated carbocycles. The molecule has 1 aliphatic heterocycles. The van der Waals surface area contributed by atoms with E-state index in [9.17, 15) is 4.79 Å². The first-order valence-electron chi connectivity index (χ1n) is 2.45. The van der Waals surface area contributed by atoms with E-state index in [0.29, 0.717) is 0 Å². The van der Waals surface area contributed by atoms with E-state index < -0.39 is 37.0 Å². The molecule has 0 atom stereocenters. The molecule has 1 N–H and O–H groups in total. The van der Waals surface area contributed by atoms with Gasteiger partial charge in [-0.05, 0) is 0 Å². The third-order valence-electron chi connectivity index (χ3n) is 0.884. The Morgan fingerprint density at radius 1 is 1.56 bits per heavy atom. The van der Waals surface area contributed by atoms with E-state index in [2.05, 4.69) is 3.78 Å². The van der Waals surface area contributed by atoms with Crippen molar-refractivity contribution in [3.8, 4) is 0 Å². The van der Waals surface area contributed by atoms with E-state index in [1.165, 1.54) is 0 Å². The number of hydrogen-bond donors (Lipinski definition) is 1. The molecule has 0 bridgehead atoms. The summed E-state index contributed by atoms with van der Waals surface area (Å²) in [4.78, 5) is 10.4. The van der Waals surface area contributed by atoms with Gasteiger partial charge in [0.1, 0.15) is 0 Å². The Morgan fingerprint density at radius 2 is 2.33 bits per heavy atom. The van der Waals surface area contributed by atoms with Crippen LogP contribution in [0, 0.1) is 0 Å². The average Bonchev–Trinajstić information content (AvgIpc) is 1.90. The predicted molar refractivity (Wildman–Crippen MR) is 37.8 cm³/mol. The van der Waals surface area contributed by atoms with Crippen LogP contribution in [0.15, 0.2) is 20.0 Å². The Bertz CT molecular complexity index is 217. The van der Waals surface area contributed by atoms with Crippen LogP contribution < -0.4 is 0 Å². The Balaban J connectivity index is 2.84. The number of carboxylic acid groups (broad SMARTS) is 1. The van der Waals surface area contributed by atoms with Gasteiger partial charge < -0.3 is 0 Å². The summed E-state index contributed by atoms with van der Waals surface area (Å²) in [6, 6.07) is 0. The summed E-state index contributed by atoms with van der Waals surface area (Å²) in [6.45, 7) is 0. The molecule has 0 fully saturated rings. The van der Waals surface area contributed by atoms with Crippen molar-refractivity contribution in [3.63, 3.8) is 0 Å². The number of hydrogen-bond acceptors (Lipinski definition) is 1. The summed E-state index contributed by atoms with van der Waals surface area (Å²) in [5.74, 6) is 0. The maximum absolute atomic E-state index is 10.4. The summed E-state index contributed by atoms with van der Waals surface area (Å²) < 4.78 is 3.64. The van der Waals surface area contributed by atoms with Crippen LogP contribution in [0.3, 0.4) is 0 Å². The monoisotopic (exact) mass is 426 g/mol. The standard InChI is InChI=1S/C4H4.CHO2.Bi.Sn/c1-3-4-2;2-1-3;;/h1-4H;(H,2,3);;. The summed E-state index contributed by atoms with van der Waals surface area (Å²) in [5.41, 5.74) is 0. The van der Waals surface area contributed by atoms with Crippen LogP contribution in [-0.4, -0.2) is 42.1 Å². The van der Waals surface area contributed by atoms with Crippen molar-refractivity contribution < 1.29 is 9.90 Å². The van der Waals surface area contributed by atoms with E-state index >= 15 is 0 Å². The fourth-order valence-corrected chi connectivity index (χ4v) is 17.2. The van der Waals surface area contributed by atoms with Gasteiger partial charge in [-0.15, -0.1) is 0 Å². The topological polar surface area (TPSA) is 37.3 Å². The third kappa shape index (κ3) is 2.38. The minimum absolute atomic E-state index is 0.463. The summed E-state index contributed by atoms with van der Waals surface area (Å²) in [6.07, 6.45) is 3.89. The third-order valence-corrected chi connectivity index (χ3v) is 25.5. The first-order valence-corrected chi connectivity index (χ1v) is 20.5. The van der Waals surface area contributed by atoms with Crippen molar-refractivity contribution in [2.24, 2.45) is 0 Å². The Kier molecular flexibility index (Phi) is 3.19. The van der Waals surface area contributed by atoms with Gasteiger partial charge in [-0.25, -0.2) is 0 Å². The van der Waals surface area contributed by atoms with Crippen molar-refractivity contribution in [3.05, 3.63) is 20.0 Å². The van der Waals surface area contributed by atoms with E-state index in [4.69, 9.17) is 5.11 Å². The second-order valence-corrected chi connectivity index (χ2v) is 27.1. The summed E-state index contributed by atoms with van der Waals surface area (Å²) in [7, 11) is 0.